The molecule has 0 unspecified atom stereocenters. The first-order valence-electron chi connectivity index (χ1n) is 20.1. The molecule has 12 aromatic rings. The Bertz CT molecular complexity index is 3590. The average Bonchev–Trinajstić information content (AvgIpc) is 3.91. The van der Waals surface area contributed by atoms with Crippen LogP contribution in [-0.4, -0.2) is 15.0 Å². The number of thiophene rings is 2. The fraction of sp³-hybridized carbons (Fsp3) is 0. The maximum absolute atomic E-state index is 5.27. The van der Waals surface area contributed by atoms with Crippen LogP contribution in [0.25, 0.3) is 119 Å². The molecule has 0 N–H and O–H groups in total. The van der Waals surface area contributed by atoms with Gasteiger partial charge in [0.25, 0.3) is 0 Å². The van der Waals surface area contributed by atoms with Crippen LogP contribution in [0.1, 0.15) is 0 Å². The number of rotatable bonds is 6. The van der Waals surface area contributed by atoms with E-state index in [2.05, 4.69) is 182 Å². The Hall–Kier alpha value is -7.31. The van der Waals surface area contributed by atoms with E-state index in [1.165, 1.54) is 56.9 Å². The molecule has 280 valence electrons. The molecule has 8 aromatic carbocycles. The van der Waals surface area contributed by atoms with Gasteiger partial charge in [0.2, 0.25) is 0 Å². The van der Waals surface area contributed by atoms with Gasteiger partial charge < -0.3 is 0 Å². The van der Waals surface area contributed by atoms with Gasteiger partial charge in [0, 0.05) is 63.3 Å². The van der Waals surface area contributed by atoms with Gasteiger partial charge in [0.15, 0.2) is 5.82 Å². The second-order valence-electron chi connectivity index (χ2n) is 15.1. The maximum atomic E-state index is 5.27. The Kier molecular flexibility index (Phi) is 8.22. The van der Waals surface area contributed by atoms with Crippen molar-refractivity contribution >= 4 is 73.9 Å². The molecular formula is C55H33N3S2. The van der Waals surface area contributed by atoms with Crippen LogP contribution in [0.4, 0.5) is 0 Å². The molecule has 3 nitrogen and oxygen atoms in total. The van der Waals surface area contributed by atoms with Crippen LogP contribution in [0.5, 0.6) is 0 Å². The van der Waals surface area contributed by atoms with E-state index in [-0.39, 0.29) is 0 Å². The largest absolute Gasteiger partial charge is 0.246 e. The summed E-state index contributed by atoms with van der Waals surface area (Å²) in [7, 11) is 0. The van der Waals surface area contributed by atoms with Gasteiger partial charge in [-0.05, 0) is 58.7 Å². The normalized spacial score (nSPS) is 11.7. The second-order valence-corrected chi connectivity index (χ2v) is 17.2. The predicted octanol–water partition coefficient (Wildman–Crippen LogP) is 15.8. The molecule has 4 aromatic heterocycles. The lowest BCUT2D eigenvalue weighted by atomic mass is 9.97. The van der Waals surface area contributed by atoms with Crippen molar-refractivity contribution in [3.8, 4) is 67.4 Å². The molecule has 0 atom stereocenters. The lowest BCUT2D eigenvalue weighted by Crippen LogP contribution is -1.96. The fourth-order valence-electron chi connectivity index (χ4n) is 8.57. The van der Waals surface area contributed by atoms with Crippen molar-refractivity contribution in [2.45, 2.75) is 0 Å². The molecule has 5 heteroatoms. The van der Waals surface area contributed by atoms with Gasteiger partial charge in [-0.1, -0.05) is 164 Å². The number of nitrogens with zero attached hydrogens (tertiary/aromatic N) is 3. The third kappa shape index (κ3) is 5.90. The third-order valence-electron chi connectivity index (χ3n) is 11.5. The number of benzene rings is 8. The van der Waals surface area contributed by atoms with E-state index in [0.29, 0.717) is 5.82 Å². The van der Waals surface area contributed by atoms with E-state index in [1.807, 2.05) is 40.9 Å². The van der Waals surface area contributed by atoms with Crippen molar-refractivity contribution in [3.63, 3.8) is 0 Å². The third-order valence-corrected chi connectivity index (χ3v) is 13.9. The summed E-state index contributed by atoms with van der Waals surface area (Å²) in [6.45, 7) is 0. The van der Waals surface area contributed by atoms with Crippen molar-refractivity contribution in [2.75, 3.05) is 0 Å². The molecule has 0 bridgehead atoms. The molecule has 0 aliphatic carbocycles. The number of hydrogen-bond donors (Lipinski definition) is 0. The van der Waals surface area contributed by atoms with Crippen molar-refractivity contribution < 1.29 is 0 Å². The maximum Gasteiger partial charge on any atom is 0.160 e. The summed E-state index contributed by atoms with van der Waals surface area (Å²) in [5.74, 6) is 0.702. The van der Waals surface area contributed by atoms with Crippen LogP contribution < -0.4 is 0 Å². The summed E-state index contributed by atoms with van der Waals surface area (Å²) in [5.41, 5.74) is 12.7. The molecule has 0 spiro atoms. The Morgan fingerprint density at radius 3 is 1.70 bits per heavy atom. The van der Waals surface area contributed by atoms with Gasteiger partial charge in [-0.3, -0.25) is 0 Å². The van der Waals surface area contributed by atoms with Crippen LogP contribution in [0.2, 0.25) is 0 Å². The lowest BCUT2D eigenvalue weighted by molar-refractivity contribution is 1.18. The highest BCUT2D eigenvalue weighted by Crippen LogP contribution is 2.44. The van der Waals surface area contributed by atoms with Crippen molar-refractivity contribution in [3.05, 3.63) is 200 Å². The summed E-state index contributed by atoms with van der Waals surface area (Å²) in [4.78, 5) is 15.6. The molecule has 4 heterocycles. The Balaban J connectivity index is 0.950. The highest BCUT2D eigenvalue weighted by Gasteiger charge is 2.18. The predicted molar refractivity (Wildman–Crippen MR) is 256 cm³/mol. The zero-order valence-corrected chi connectivity index (χ0v) is 33.8. The second kappa shape index (κ2) is 14.2. The van der Waals surface area contributed by atoms with Gasteiger partial charge in [-0.2, -0.15) is 0 Å². The fourth-order valence-corrected chi connectivity index (χ4v) is 11.0. The molecule has 0 saturated heterocycles. The van der Waals surface area contributed by atoms with Crippen LogP contribution in [-0.2, 0) is 0 Å². The van der Waals surface area contributed by atoms with Crippen LogP contribution in [0.3, 0.4) is 0 Å². The first-order chi connectivity index (χ1) is 29.7. The van der Waals surface area contributed by atoms with Gasteiger partial charge in [0.05, 0.1) is 27.3 Å². The van der Waals surface area contributed by atoms with Gasteiger partial charge in [-0.25, -0.2) is 15.0 Å². The summed E-state index contributed by atoms with van der Waals surface area (Å²) in [5, 5.41) is 6.30. The van der Waals surface area contributed by atoms with Gasteiger partial charge in [0.1, 0.15) is 0 Å². The standard InChI is InChI=1S/C55H33N3S2/c1-3-13-36(14-4-1)52-54-51(44-20-8-10-24-50(44)60-54)45-32-38(29-30-46(45)56-52)34-25-27-35(28-26-34)47-33-48(58-55(57-47)37-15-5-2-6-16-37)40-18-11-17-39(31-40)41-21-12-22-43-42-19-7-9-23-49(42)59-53(41)43/h1-33H. The number of fused-ring (bicyclic) bond motifs is 8. The Morgan fingerprint density at radius 2 is 0.900 bits per heavy atom. The number of pyridine rings is 1. The van der Waals surface area contributed by atoms with E-state index in [0.717, 1.165) is 56.0 Å². The molecule has 0 amide bonds. The highest BCUT2D eigenvalue weighted by atomic mass is 32.1. The number of hydrogen-bond acceptors (Lipinski definition) is 5. The van der Waals surface area contributed by atoms with E-state index in [1.54, 1.807) is 0 Å². The van der Waals surface area contributed by atoms with E-state index in [4.69, 9.17) is 15.0 Å². The summed E-state index contributed by atoms with van der Waals surface area (Å²) in [6.07, 6.45) is 0. The smallest absolute Gasteiger partial charge is 0.160 e. The zero-order chi connectivity index (χ0) is 39.6. The van der Waals surface area contributed by atoms with Gasteiger partial charge >= 0.3 is 0 Å². The SMILES string of the molecule is c1ccc(-c2nc(-c3ccc(-c4ccc5nc(-c6ccccc6)c6sc7ccccc7c6c5c4)cc3)cc(-c3cccc(-c4cccc5c4sc4ccccc45)c3)n2)cc1. The molecule has 0 aliphatic heterocycles. The zero-order valence-electron chi connectivity index (χ0n) is 32.2. The van der Waals surface area contributed by atoms with Crippen LogP contribution in [0.15, 0.2) is 200 Å². The molecule has 12 rings (SSSR count). The minimum atomic E-state index is 0.702. The highest BCUT2D eigenvalue weighted by molar-refractivity contribution is 7.26. The van der Waals surface area contributed by atoms with Crippen LogP contribution in [0, 0.1) is 0 Å². The molecule has 0 aliphatic rings. The van der Waals surface area contributed by atoms with E-state index >= 15 is 0 Å². The average molecular weight is 800 g/mol. The quantitative estimate of drug-likeness (QED) is 0.168. The summed E-state index contributed by atoms with van der Waals surface area (Å²) < 4.78 is 5.10. The molecule has 0 fully saturated rings. The van der Waals surface area contributed by atoms with E-state index < -0.39 is 0 Å². The topological polar surface area (TPSA) is 38.7 Å². The van der Waals surface area contributed by atoms with Crippen molar-refractivity contribution in [2.24, 2.45) is 0 Å². The van der Waals surface area contributed by atoms with Crippen molar-refractivity contribution in [1.29, 1.82) is 0 Å². The molecular weight excluding hydrogens is 767 g/mol. The Morgan fingerprint density at radius 1 is 0.317 bits per heavy atom. The molecule has 0 saturated carbocycles. The summed E-state index contributed by atoms with van der Waals surface area (Å²) in [6, 6.07) is 71.2. The molecule has 60 heavy (non-hydrogen) atoms. The minimum Gasteiger partial charge on any atom is -0.246 e. The van der Waals surface area contributed by atoms with Crippen LogP contribution >= 0.6 is 22.7 Å². The lowest BCUT2D eigenvalue weighted by Gasteiger charge is -2.12. The Labute approximate surface area is 354 Å². The van der Waals surface area contributed by atoms with Crippen molar-refractivity contribution in [1.82, 2.24) is 15.0 Å². The van der Waals surface area contributed by atoms with Gasteiger partial charge in [-0.15, -0.1) is 22.7 Å². The number of aromatic nitrogens is 3. The molecule has 0 radical (unpaired) electrons. The van der Waals surface area contributed by atoms with E-state index in [9.17, 15) is 0 Å². The summed E-state index contributed by atoms with van der Waals surface area (Å²) >= 11 is 3.68. The minimum absolute atomic E-state index is 0.702. The monoisotopic (exact) mass is 799 g/mol. The first-order valence-corrected chi connectivity index (χ1v) is 21.7. The first kappa shape index (κ1) is 34.7.